The molecule has 0 radical (unpaired) electrons. The second-order valence-corrected chi connectivity index (χ2v) is 4.00. The standard InChI is InChI=1S/C10H18O2S2/c1-5-8(6-2)9(11-7-3)12-10(13)14-4/h5-7H2,1-4H3. The minimum atomic E-state index is 0.507. The SMILES string of the molecule is CCOC(OC(=S)SC)=C(CC)CC. The zero-order valence-electron chi connectivity index (χ0n) is 9.25. The van der Waals surface area contributed by atoms with E-state index in [2.05, 4.69) is 13.8 Å². The summed E-state index contributed by atoms with van der Waals surface area (Å²) in [6.07, 6.45) is 3.76. The molecule has 0 aliphatic heterocycles. The van der Waals surface area contributed by atoms with E-state index < -0.39 is 0 Å². The highest BCUT2D eigenvalue weighted by atomic mass is 32.2. The van der Waals surface area contributed by atoms with Crippen molar-refractivity contribution in [1.29, 1.82) is 0 Å². The van der Waals surface area contributed by atoms with Crippen LogP contribution in [0.15, 0.2) is 11.5 Å². The molecule has 0 saturated carbocycles. The second-order valence-electron chi connectivity index (χ2n) is 2.59. The Kier molecular flexibility index (Phi) is 7.99. The lowest BCUT2D eigenvalue weighted by molar-refractivity contribution is 0.108. The van der Waals surface area contributed by atoms with Crippen LogP contribution in [0.3, 0.4) is 0 Å². The van der Waals surface area contributed by atoms with Gasteiger partial charge in [0.05, 0.1) is 6.61 Å². The summed E-state index contributed by atoms with van der Waals surface area (Å²) in [7, 11) is 0. The van der Waals surface area contributed by atoms with Gasteiger partial charge in [-0.25, -0.2) is 0 Å². The predicted octanol–water partition coefficient (Wildman–Crippen LogP) is 3.72. The molecule has 0 saturated heterocycles. The molecule has 0 heterocycles. The van der Waals surface area contributed by atoms with Gasteiger partial charge in [-0.15, -0.1) is 0 Å². The van der Waals surface area contributed by atoms with Crippen LogP contribution in [-0.2, 0) is 9.47 Å². The van der Waals surface area contributed by atoms with Crippen LogP contribution in [0.5, 0.6) is 0 Å². The van der Waals surface area contributed by atoms with Gasteiger partial charge in [0.25, 0.3) is 5.95 Å². The van der Waals surface area contributed by atoms with E-state index in [9.17, 15) is 0 Å². The van der Waals surface area contributed by atoms with E-state index in [1.165, 1.54) is 17.3 Å². The molecular formula is C10H18O2S2. The smallest absolute Gasteiger partial charge is 0.284 e. The first-order valence-corrected chi connectivity index (χ1v) is 6.43. The molecule has 2 nitrogen and oxygen atoms in total. The molecule has 0 amide bonds. The van der Waals surface area contributed by atoms with Gasteiger partial charge in [0.2, 0.25) is 4.38 Å². The highest BCUT2D eigenvalue weighted by Crippen LogP contribution is 2.17. The number of rotatable bonds is 5. The number of hydrogen-bond donors (Lipinski definition) is 0. The molecule has 0 aromatic rings. The van der Waals surface area contributed by atoms with Crippen molar-refractivity contribution < 1.29 is 9.47 Å². The third-order valence-corrected chi connectivity index (χ3v) is 2.76. The first-order chi connectivity index (χ1) is 6.69. The maximum Gasteiger partial charge on any atom is 0.284 e. The molecule has 0 bridgehead atoms. The molecule has 0 fully saturated rings. The highest BCUT2D eigenvalue weighted by Gasteiger charge is 2.08. The van der Waals surface area contributed by atoms with Crippen LogP contribution in [0.2, 0.25) is 0 Å². The maximum absolute atomic E-state index is 5.44. The summed E-state index contributed by atoms with van der Waals surface area (Å²) in [6.45, 7) is 6.72. The van der Waals surface area contributed by atoms with Gasteiger partial charge in [0.1, 0.15) is 0 Å². The first-order valence-electron chi connectivity index (χ1n) is 4.80. The summed E-state index contributed by atoms with van der Waals surface area (Å²) in [5, 5.41) is 0. The van der Waals surface area contributed by atoms with Crippen molar-refractivity contribution in [3.63, 3.8) is 0 Å². The summed E-state index contributed by atoms with van der Waals surface area (Å²) in [6, 6.07) is 0. The van der Waals surface area contributed by atoms with Crippen LogP contribution in [0.4, 0.5) is 0 Å². The van der Waals surface area contributed by atoms with Gasteiger partial charge in [0, 0.05) is 5.57 Å². The molecule has 0 aliphatic carbocycles. The van der Waals surface area contributed by atoms with Gasteiger partial charge < -0.3 is 9.47 Å². The molecule has 0 spiro atoms. The van der Waals surface area contributed by atoms with Crippen molar-refractivity contribution in [3.05, 3.63) is 11.5 Å². The van der Waals surface area contributed by atoms with E-state index in [-0.39, 0.29) is 0 Å². The molecule has 0 rings (SSSR count). The van der Waals surface area contributed by atoms with Crippen molar-refractivity contribution in [2.45, 2.75) is 33.6 Å². The Labute approximate surface area is 96.0 Å². The Hall–Kier alpha value is -0.220. The van der Waals surface area contributed by atoms with E-state index in [1.807, 2.05) is 13.2 Å². The largest absolute Gasteiger partial charge is 0.465 e. The number of hydrogen-bond acceptors (Lipinski definition) is 4. The normalized spacial score (nSPS) is 9.43. The summed E-state index contributed by atoms with van der Waals surface area (Å²) >= 11 is 6.40. The maximum atomic E-state index is 5.44. The molecular weight excluding hydrogens is 216 g/mol. The molecule has 0 aromatic carbocycles. The highest BCUT2D eigenvalue weighted by molar-refractivity contribution is 8.22. The van der Waals surface area contributed by atoms with Crippen molar-refractivity contribution >= 4 is 28.4 Å². The van der Waals surface area contributed by atoms with Gasteiger partial charge >= 0.3 is 0 Å². The Morgan fingerprint density at radius 1 is 1.21 bits per heavy atom. The van der Waals surface area contributed by atoms with Gasteiger partial charge in [-0.1, -0.05) is 25.6 Å². The fourth-order valence-electron chi connectivity index (χ4n) is 0.991. The van der Waals surface area contributed by atoms with E-state index in [0.29, 0.717) is 16.9 Å². The summed E-state index contributed by atoms with van der Waals surface area (Å²) in [5.41, 5.74) is 1.17. The van der Waals surface area contributed by atoms with Crippen molar-refractivity contribution in [2.75, 3.05) is 12.9 Å². The third kappa shape index (κ3) is 4.86. The predicted molar refractivity (Wildman–Crippen MR) is 66.4 cm³/mol. The fraction of sp³-hybridized carbons (Fsp3) is 0.700. The Morgan fingerprint density at radius 3 is 2.14 bits per heavy atom. The number of ether oxygens (including phenoxy) is 2. The molecule has 0 unspecified atom stereocenters. The molecule has 0 N–H and O–H groups in total. The Morgan fingerprint density at radius 2 is 1.79 bits per heavy atom. The zero-order chi connectivity index (χ0) is 11.0. The van der Waals surface area contributed by atoms with Crippen LogP contribution in [-0.4, -0.2) is 17.2 Å². The van der Waals surface area contributed by atoms with Crippen molar-refractivity contribution in [3.8, 4) is 0 Å². The van der Waals surface area contributed by atoms with Gasteiger partial charge in [-0.3, -0.25) is 0 Å². The number of thiocarbonyl (C=S) groups is 1. The molecule has 0 atom stereocenters. The van der Waals surface area contributed by atoms with Crippen molar-refractivity contribution in [1.82, 2.24) is 0 Å². The number of allylic oxidation sites excluding steroid dienone is 1. The van der Waals surface area contributed by atoms with Crippen LogP contribution < -0.4 is 0 Å². The zero-order valence-corrected chi connectivity index (χ0v) is 10.9. The van der Waals surface area contributed by atoms with Crippen LogP contribution in [0.1, 0.15) is 33.6 Å². The van der Waals surface area contributed by atoms with E-state index in [0.717, 1.165) is 12.8 Å². The number of thioether (sulfide) groups is 1. The molecule has 0 aliphatic rings. The van der Waals surface area contributed by atoms with Gasteiger partial charge in [-0.05, 0) is 38.2 Å². The Balaban J connectivity index is 4.55. The average molecular weight is 234 g/mol. The summed E-state index contributed by atoms with van der Waals surface area (Å²) in [4.78, 5) is 0. The van der Waals surface area contributed by atoms with Crippen molar-refractivity contribution in [2.24, 2.45) is 0 Å². The summed E-state index contributed by atoms with van der Waals surface area (Å²) in [5.74, 6) is 0.594. The topological polar surface area (TPSA) is 18.5 Å². The molecule has 82 valence electrons. The Bertz CT molecular complexity index is 206. The quantitative estimate of drug-likeness (QED) is 0.533. The van der Waals surface area contributed by atoms with E-state index in [4.69, 9.17) is 21.7 Å². The van der Waals surface area contributed by atoms with Crippen LogP contribution in [0.25, 0.3) is 0 Å². The first kappa shape index (κ1) is 13.8. The average Bonchev–Trinajstić information content (AvgIpc) is 2.19. The molecule has 4 heteroatoms. The minimum Gasteiger partial charge on any atom is -0.465 e. The van der Waals surface area contributed by atoms with Gasteiger partial charge in [0.15, 0.2) is 0 Å². The third-order valence-electron chi connectivity index (χ3n) is 1.76. The lowest BCUT2D eigenvalue weighted by Crippen LogP contribution is -2.04. The second kappa shape index (κ2) is 8.12. The van der Waals surface area contributed by atoms with Gasteiger partial charge in [-0.2, -0.15) is 0 Å². The molecule has 0 aromatic heterocycles. The van der Waals surface area contributed by atoms with Crippen LogP contribution in [0, 0.1) is 0 Å². The lowest BCUT2D eigenvalue weighted by atomic mass is 10.2. The molecule has 14 heavy (non-hydrogen) atoms. The van der Waals surface area contributed by atoms with E-state index in [1.54, 1.807) is 0 Å². The fourth-order valence-corrected chi connectivity index (χ4v) is 1.23. The van der Waals surface area contributed by atoms with E-state index >= 15 is 0 Å². The minimum absolute atomic E-state index is 0.507. The lowest BCUT2D eigenvalue weighted by Gasteiger charge is -2.13. The summed E-state index contributed by atoms with van der Waals surface area (Å²) < 4.78 is 11.4. The van der Waals surface area contributed by atoms with Crippen LogP contribution >= 0.6 is 24.0 Å². The monoisotopic (exact) mass is 234 g/mol.